The summed E-state index contributed by atoms with van der Waals surface area (Å²) < 4.78 is 21.2. The molecule has 0 saturated carbocycles. The molecule has 0 radical (unpaired) electrons. The molecule has 2 heterocycles. The molecule has 0 aromatic heterocycles. The van der Waals surface area contributed by atoms with Gasteiger partial charge in [-0.2, -0.15) is 0 Å². The topological polar surface area (TPSA) is 74.2 Å². The molecule has 118 valence electrons. The second-order valence-corrected chi connectivity index (χ2v) is 5.25. The molecule has 2 aliphatic rings. The number of hydrogen-bond acceptors (Lipinski definition) is 6. The zero-order chi connectivity index (χ0) is 15.5. The van der Waals surface area contributed by atoms with Crippen molar-refractivity contribution in [3.8, 4) is 5.75 Å². The summed E-state index contributed by atoms with van der Waals surface area (Å²) >= 11 is 0. The molecule has 6 heteroatoms. The van der Waals surface area contributed by atoms with E-state index < -0.39 is 24.3 Å². The molecule has 0 aliphatic carbocycles. The van der Waals surface area contributed by atoms with Crippen molar-refractivity contribution >= 4 is 12.0 Å². The Labute approximate surface area is 128 Å². The van der Waals surface area contributed by atoms with Gasteiger partial charge in [-0.25, -0.2) is 4.79 Å². The van der Waals surface area contributed by atoms with Gasteiger partial charge in [0.1, 0.15) is 24.1 Å². The van der Waals surface area contributed by atoms with E-state index in [1.54, 1.807) is 13.2 Å². The first-order valence-electron chi connectivity index (χ1n) is 7.11. The predicted molar refractivity (Wildman–Crippen MR) is 77.4 cm³/mol. The lowest BCUT2D eigenvalue weighted by molar-refractivity contribution is -0.147. The Morgan fingerprint density at radius 1 is 1.23 bits per heavy atom. The van der Waals surface area contributed by atoms with Crippen molar-refractivity contribution in [3.63, 3.8) is 0 Å². The second kappa shape index (κ2) is 6.48. The van der Waals surface area contributed by atoms with E-state index in [2.05, 4.69) is 0 Å². The van der Waals surface area contributed by atoms with Crippen molar-refractivity contribution in [2.24, 2.45) is 0 Å². The van der Waals surface area contributed by atoms with E-state index in [4.69, 9.17) is 18.9 Å². The molecule has 2 aliphatic heterocycles. The first-order valence-corrected chi connectivity index (χ1v) is 7.11. The van der Waals surface area contributed by atoms with Crippen molar-refractivity contribution in [1.29, 1.82) is 0 Å². The van der Waals surface area contributed by atoms with Gasteiger partial charge in [0, 0.05) is 6.08 Å². The van der Waals surface area contributed by atoms with Crippen molar-refractivity contribution in [3.05, 3.63) is 35.9 Å². The van der Waals surface area contributed by atoms with Crippen molar-refractivity contribution in [2.45, 2.75) is 24.4 Å². The van der Waals surface area contributed by atoms with E-state index >= 15 is 0 Å². The number of esters is 1. The van der Waals surface area contributed by atoms with Gasteiger partial charge in [0.25, 0.3) is 0 Å². The van der Waals surface area contributed by atoms with E-state index in [0.717, 1.165) is 11.3 Å². The lowest BCUT2D eigenvalue weighted by Crippen LogP contribution is -2.33. The maximum Gasteiger partial charge on any atom is 0.331 e. The lowest BCUT2D eigenvalue weighted by Gasteiger charge is -2.15. The van der Waals surface area contributed by atoms with Crippen LogP contribution in [0.25, 0.3) is 6.08 Å². The predicted octanol–water partition coefficient (Wildman–Crippen LogP) is 0.779. The van der Waals surface area contributed by atoms with Crippen LogP contribution in [0.1, 0.15) is 5.56 Å². The van der Waals surface area contributed by atoms with Crippen LogP contribution < -0.4 is 4.74 Å². The quantitative estimate of drug-likeness (QED) is 0.654. The number of ether oxygens (including phenoxy) is 4. The third-order valence-corrected chi connectivity index (χ3v) is 3.78. The average molecular weight is 306 g/mol. The van der Waals surface area contributed by atoms with Crippen molar-refractivity contribution < 1.29 is 28.8 Å². The van der Waals surface area contributed by atoms with Crippen LogP contribution in [0.3, 0.4) is 0 Å². The number of carbonyl (C=O) groups excluding carboxylic acids is 1. The highest BCUT2D eigenvalue weighted by Crippen LogP contribution is 2.28. The van der Waals surface area contributed by atoms with Gasteiger partial charge in [0.05, 0.1) is 20.3 Å². The third kappa shape index (κ3) is 3.14. The third-order valence-electron chi connectivity index (χ3n) is 3.78. The summed E-state index contributed by atoms with van der Waals surface area (Å²) in [5.41, 5.74) is 0.867. The summed E-state index contributed by atoms with van der Waals surface area (Å²) in [6.45, 7) is 0.458. The van der Waals surface area contributed by atoms with Gasteiger partial charge < -0.3 is 24.1 Å². The second-order valence-electron chi connectivity index (χ2n) is 5.25. The molecule has 4 unspecified atom stereocenters. The molecule has 1 aromatic rings. The van der Waals surface area contributed by atoms with Crippen LogP contribution in [0, 0.1) is 0 Å². The van der Waals surface area contributed by atoms with Crippen LogP contribution in [0.4, 0.5) is 0 Å². The minimum absolute atomic E-state index is 0.213. The fraction of sp³-hybridized carbons (Fsp3) is 0.438. The number of methoxy groups -OCH3 is 1. The van der Waals surface area contributed by atoms with Crippen LogP contribution in [-0.4, -0.2) is 55.8 Å². The van der Waals surface area contributed by atoms with Gasteiger partial charge in [0.15, 0.2) is 6.10 Å². The molecule has 4 atom stereocenters. The molecule has 0 amide bonds. The molecular weight excluding hydrogens is 288 g/mol. The summed E-state index contributed by atoms with van der Waals surface area (Å²) in [7, 11) is 1.60. The first kappa shape index (κ1) is 15.0. The highest BCUT2D eigenvalue weighted by molar-refractivity contribution is 5.87. The Bertz CT molecular complexity index is 552. The van der Waals surface area contributed by atoms with E-state index in [-0.39, 0.29) is 19.3 Å². The van der Waals surface area contributed by atoms with Gasteiger partial charge in [-0.15, -0.1) is 0 Å². The van der Waals surface area contributed by atoms with Gasteiger partial charge >= 0.3 is 5.97 Å². The first-order chi connectivity index (χ1) is 10.7. The van der Waals surface area contributed by atoms with E-state index in [9.17, 15) is 9.90 Å². The number of hydrogen-bond donors (Lipinski definition) is 1. The number of benzene rings is 1. The smallest absolute Gasteiger partial charge is 0.331 e. The number of rotatable bonds is 4. The van der Waals surface area contributed by atoms with Crippen LogP contribution in [0.2, 0.25) is 0 Å². The van der Waals surface area contributed by atoms with Crippen molar-refractivity contribution in [2.75, 3.05) is 20.3 Å². The van der Waals surface area contributed by atoms with Crippen LogP contribution in [0.5, 0.6) is 5.75 Å². The summed E-state index contributed by atoms with van der Waals surface area (Å²) in [4.78, 5) is 11.9. The van der Waals surface area contributed by atoms with Gasteiger partial charge in [-0.1, -0.05) is 12.1 Å². The van der Waals surface area contributed by atoms with E-state index in [0.29, 0.717) is 0 Å². The fourth-order valence-electron chi connectivity index (χ4n) is 2.61. The zero-order valence-electron chi connectivity index (χ0n) is 12.2. The summed E-state index contributed by atoms with van der Waals surface area (Å²) in [6, 6.07) is 7.31. The Kier molecular flexibility index (Phi) is 4.42. The molecule has 2 saturated heterocycles. The maximum absolute atomic E-state index is 11.9. The summed E-state index contributed by atoms with van der Waals surface area (Å²) in [5, 5.41) is 9.63. The Hall–Kier alpha value is -1.89. The number of fused-ring (bicyclic) bond motifs is 1. The number of aliphatic hydroxyl groups is 1. The largest absolute Gasteiger partial charge is 0.497 e. The van der Waals surface area contributed by atoms with Gasteiger partial charge in [0.2, 0.25) is 0 Å². The molecule has 0 spiro atoms. The van der Waals surface area contributed by atoms with Crippen LogP contribution in [-0.2, 0) is 19.0 Å². The molecule has 1 aromatic carbocycles. The van der Waals surface area contributed by atoms with E-state index in [1.165, 1.54) is 6.08 Å². The number of carbonyl (C=O) groups is 1. The standard InChI is InChI=1S/C16H18O6/c1-19-11-5-2-10(3-6-11)4-7-14(18)22-13-9-21-15-12(17)8-20-16(13)15/h2-7,12-13,15-17H,8-9H2,1H3. The SMILES string of the molecule is COc1ccc(C=CC(=O)OC2COC3C(O)COC23)cc1. The number of aliphatic hydroxyl groups excluding tert-OH is 1. The molecule has 2 fully saturated rings. The Morgan fingerprint density at radius 3 is 2.68 bits per heavy atom. The summed E-state index contributed by atoms with van der Waals surface area (Å²) in [5.74, 6) is 0.292. The fourth-order valence-corrected chi connectivity index (χ4v) is 2.61. The average Bonchev–Trinajstić information content (AvgIpc) is 3.10. The molecule has 0 bridgehead atoms. The minimum Gasteiger partial charge on any atom is -0.497 e. The lowest BCUT2D eigenvalue weighted by atomic mass is 10.1. The summed E-state index contributed by atoms with van der Waals surface area (Å²) in [6.07, 6.45) is 1.12. The molecule has 3 rings (SSSR count). The molecular formula is C16H18O6. The van der Waals surface area contributed by atoms with Crippen molar-refractivity contribution in [1.82, 2.24) is 0 Å². The van der Waals surface area contributed by atoms with Crippen LogP contribution in [0.15, 0.2) is 30.3 Å². The minimum atomic E-state index is -0.649. The maximum atomic E-state index is 11.9. The molecule has 1 N–H and O–H groups in total. The van der Waals surface area contributed by atoms with Gasteiger partial charge in [-0.05, 0) is 23.8 Å². The van der Waals surface area contributed by atoms with E-state index in [1.807, 2.05) is 24.3 Å². The normalized spacial score (nSPS) is 30.5. The monoisotopic (exact) mass is 306 g/mol. The highest BCUT2D eigenvalue weighted by atomic mass is 16.6. The Balaban J connectivity index is 1.55. The zero-order valence-corrected chi connectivity index (χ0v) is 12.2. The van der Waals surface area contributed by atoms with Crippen LogP contribution >= 0.6 is 0 Å². The van der Waals surface area contributed by atoms with Gasteiger partial charge in [-0.3, -0.25) is 0 Å². The Morgan fingerprint density at radius 2 is 1.95 bits per heavy atom. The highest BCUT2D eigenvalue weighted by Gasteiger charge is 2.48. The molecule has 22 heavy (non-hydrogen) atoms. The molecule has 6 nitrogen and oxygen atoms in total.